The van der Waals surface area contributed by atoms with Gasteiger partial charge in [0.25, 0.3) is 0 Å². The molecule has 0 spiro atoms. The first-order valence-electron chi connectivity index (χ1n) is 11.7. The summed E-state index contributed by atoms with van der Waals surface area (Å²) in [4.78, 5) is 38.9. The van der Waals surface area contributed by atoms with Crippen LogP contribution < -0.4 is 20.4 Å². The van der Waals surface area contributed by atoms with Crippen LogP contribution in [-0.2, 0) is 4.74 Å². The van der Waals surface area contributed by atoms with Crippen molar-refractivity contribution in [1.29, 1.82) is 0 Å². The van der Waals surface area contributed by atoms with E-state index in [1.807, 2.05) is 38.3 Å². The van der Waals surface area contributed by atoms with Crippen molar-refractivity contribution in [1.82, 2.24) is 9.88 Å². The molecular formula is C25H33N3O6. The van der Waals surface area contributed by atoms with Crippen LogP contribution in [-0.4, -0.2) is 53.6 Å². The first kappa shape index (κ1) is 23.9. The number of nitrogens with zero attached hydrogens (tertiary/aromatic N) is 2. The Balaban J connectivity index is 1.64. The highest BCUT2D eigenvalue weighted by molar-refractivity contribution is 5.97. The van der Waals surface area contributed by atoms with Crippen molar-refractivity contribution in [2.24, 2.45) is 5.92 Å². The SMILES string of the molecule is COc1c(N2CC[C@@H]([C@H](C)NC(=O)OC(C)(C)C)C2)ccc2c(=O)c(C(=O)O)cn(C3CC3)c12. The second-order valence-electron chi connectivity index (χ2n) is 10.3. The van der Waals surface area contributed by atoms with Gasteiger partial charge in [0.1, 0.15) is 11.2 Å². The molecule has 2 aliphatic rings. The Hall–Kier alpha value is -3.23. The van der Waals surface area contributed by atoms with Crippen molar-refractivity contribution in [3.05, 3.63) is 34.1 Å². The fourth-order valence-electron chi connectivity index (χ4n) is 4.68. The van der Waals surface area contributed by atoms with Gasteiger partial charge in [0, 0.05) is 31.4 Å². The van der Waals surface area contributed by atoms with Crippen molar-refractivity contribution in [2.75, 3.05) is 25.1 Å². The number of hydrogen-bond acceptors (Lipinski definition) is 6. The fraction of sp³-hybridized carbons (Fsp3) is 0.560. The van der Waals surface area contributed by atoms with Gasteiger partial charge in [-0.15, -0.1) is 0 Å². The molecule has 1 saturated carbocycles. The minimum absolute atomic E-state index is 0.0749. The maximum atomic E-state index is 12.9. The summed E-state index contributed by atoms with van der Waals surface area (Å²) in [6.45, 7) is 8.96. The van der Waals surface area contributed by atoms with Gasteiger partial charge in [-0.25, -0.2) is 9.59 Å². The summed E-state index contributed by atoms with van der Waals surface area (Å²) in [6, 6.07) is 3.62. The zero-order valence-corrected chi connectivity index (χ0v) is 20.4. The lowest BCUT2D eigenvalue weighted by atomic mass is 10.0. The number of rotatable bonds is 6. The van der Waals surface area contributed by atoms with Crippen LogP contribution in [0.25, 0.3) is 10.9 Å². The lowest BCUT2D eigenvalue weighted by Gasteiger charge is -2.26. The Morgan fingerprint density at radius 1 is 1.21 bits per heavy atom. The molecule has 2 N–H and O–H groups in total. The lowest BCUT2D eigenvalue weighted by Crippen LogP contribution is -2.42. The molecule has 1 aromatic carbocycles. The van der Waals surface area contributed by atoms with E-state index in [1.165, 1.54) is 6.20 Å². The summed E-state index contributed by atoms with van der Waals surface area (Å²) in [6.07, 6.45) is 3.78. The number of aromatic carboxylic acids is 1. The molecule has 2 heterocycles. The quantitative estimate of drug-likeness (QED) is 0.660. The Bertz CT molecular complexity index is 1180. The normalized spacial score (nSPS) is 19.2. The van der Waals surface area contributed by atoms with E-state index < -0.39 is 23.1 Å². The number of nitrogens with one attached hydrogen (secondary N) is 1. The van der Waals surface area contributed by atoms with Crippen molar-refractivity contribution < 1.29 is 24.2 Å². The van der Waals surface area contributed by atoms with Crippen molar-refractivity contribution in [3.8, 4) is 5.75 Å². The highest BCUT2D eigenvalue weighted by Crippen LogP contribution is 2.43. The molecule has 1 saturated heterocycles. The molecular weight excluding hydrogens is 438 g/mol. The molecule has 9 nitrogen and oxygen atoms in total. The maximum absolute atomic E-state index is 12.9. The number of carbonyl (C=O) groups excluding carboxylic acids is 1. The van der Waals surface area contributed by atoms with Gasteiger partial charge in [0.2, 0.25) is 5.43 Å². The summed E-state index contributed by atoms with van der Waals surface area (Å²) >= 11 is 0. The van der Waals surface area contributed by atoms with Gasteiger partial charge in [-0.1, -0.05) is 0 Å². The summed E-state index contributed by atoms with van der Waals surface area (Å²) in [5.41, 5.74) is 0.220. The number of amides is 1. The van der Waals surface area contributed by atoms with Gasteiger partial charge in [-0.3, -0.25) is 4.79 Å². The minimum atomic E-state index is -1.22. The summed E-state index contributed by atoms with van der Waals surface area (Å²) < 4.78 is 13.1. The van der Waals surface area contributed by atoms with Crippen LogP contribution in [0.1, 0.15) is 63.4 Å². The van der Waals surface area contributed by atoms with E-state index >= 15 is 0 Å². The zero-order chi connectivity index (χ0) is 24.8. The Labute approximate surface area is 198 Å². The standard InChI is InChI=1S/C25H33N3O6/c1-14(26-24(32)34-25(2,3)4)15-10-11-27(12-15)19-9-8-17-20(22(19)33-5)28(16-6-7-16)13-18(21(17)29)23(30)31/h8-9,13-16H,6-7,10-12H2,1-5H3,(H,26,32)(H,30,31)/t14-,15+/m0/s1. The number of carbonyl (C=O) groups is 2. The van der Waals surface area contributed by atoms with Crippen LogP contribution in [0.5, 0.6) is 5.75 Å². The average Bonchev–Trinajstić information content (AvgIpc) is 3.47. The van der Waals surface area contributed by atoms with Crippen LogP contribution in [0.3, 0.4) is 0 Å². The van der Waals surface area contributed by atoms with E-state index in [0.29, 0.717) is 23.2 Å². The maximum Gasteiger partial charge on any atom is 0.407 e. The molecule has 1 amide bonds. The molecule has 9 heteroatoms. The van der Waals surface area contributed by atoms with E-state index in [1.54, 1.807) is 13.2 Å². The topological polar surface area (TPSA) is 110 Å². The molecule has 2 aromatic rings. The number of carboxylic acids is 1. The zero-order valence-electron chi connectivity index (χ0n) is 20.4. The highest BCUT2D eigenvalue weighted by atomic mass is 16.6. The molecule has 2 fully saturated rings. The number of ether oxygens (including phenoxy) is 2. The van der Waals surface area contributed by atoms with E-state index in [4.69, 9.17) is 9.47 Å². The molecule has 1 aliphatic heterocycles. The Morgan fingerprint density at radius 2 is 1.91 bits per heavy atom. The molecule has 2 atom stereocenters. The summed E-state index contributed by atoms with van der Waals surface area (Å²) in [7, 11) is 1.57. The third-order valence-electron chi connectivity index (χ3n) is 6.52. The van der Waals surface area contributed by atoms with Crippen LogP contribution in [0.4, 0.5) is 10.5 Å². The van der Waals surface area contributed by atoms with Crippen LogP contribution in [0.15, 0.2) is 23.1 Å². The number of hydrogen-bond donors (Lipinski definition) is 2. The van der Waals surface area contributed by atoms with E-state index in [2.05, 4.69) is 10.2 Å². The number of aromatic nitrogens is 1. The molecule has 34 heavy (non-hydrogen) atoms. The van der Waals surface area contributed by atoms with E-state index in [-0.39, 0.29) is 23.6 Å². The first-order chi connectivity index (χ1) is 16.0. The third kappa shape index (κ3) is 4.69. The van der Waals surface area contributed by atoms with Crippen LogP contribution in [0, 0.1) is 5.92 Å². The predicted molar refractivity (Wildman–Crippen MR) is 129 cm³/mol. The number of fused-ring (bicyclic) bond motifs is 1. The molecule has 1 aromatic heterocycles. The highest BCUT2D eigenvalue weighted by Gasteiger charge is 2.33. The van der Waals surface area contributed by atoms with Crippen LogP contribution >= 0.6 is 0 Å². The van der Waals surface area contributed by atoms with Gasteiger partial charge in [-0.05, 0) is 65.0 Å². The largest absolute Gasteiger partial charge is 0.492 e. The second-order valence-corrected chi connectivity index (χ2v) is 10.3. The fourth-order valence-corrected chi connectivity index (χ4v) is 4.68. The molecule has 1 aliphatic carbocycles. The predicted octanol–water partition coefficient (Wildman–Crippen LogP) is 3.78. The molecule has 0 unspecified atom stereocenters. The lowest BCUT2D eigenvalue weighted by molar-refractivity contribution is 0.0494. The van der Waals surface area contributed by atoms with Crippen molar-refractivity contribution in [2.45, 2.75) is 64.6 Å². The number of methoxy groups -OCH3 is 1. The van der Waals surface area contributed by atoms with Gasteiger partial charge < -0.3 is 29.4 Å². The van der Waals surface area contributed by atoms with E-state index in [9.17, 15) is 19.5 Å². The van der Waals surface area contributed by atoms with Crippen molar-refractivity contribution >= 4 is 28.7 Å². The van der Waals surface area contributed by atoms with E-state index in [0.717, 1.165) is 31.5 Å². The molecule has 0 radical (unpaired) electrons. The van der Waals surface area contributed by atoms with Crippen molar-refractivity contribution in [3.63, 3.8) is 0 Å². The number of anilines is 1. The van der Waals surface area contributed by atoms with Gasteiger partial charge in [0.15, 0.2) is 5.75 Å². The smallest absolute Gasteiger partial charge is 0.407 e. The monoisotopic (exact) mass is 471 g/mol. The Kier molecular flexibility index (Phi) is 6.22. The Morgan fingerprint density at radius 3 is 2.50 bits per heavy atom. The molecule has 184 valence electrons. The summed E-state index contributed by atoms with van der Waals surface area (Å²) in [5, 5.41) is 12.8. The second kappa shape index (κ2) is 8.85. The third-order valence-corrected chi connectivity index (χ3v) is 6.52. The van der Waals surface area contributed by atoms with Gasteiger partial charge >= 0.3 is 12.1 Å². The number of carboxylic acid groups (broad SMARTS) is 1. The minimum Gasteiger partial charge on any atom is -0.492 e. The number of pyridine rings is 1. The molecule has 0 bridgehead atoms. The first-order valence-corrected chi connectivity index (χ1v) is 11.7. The number of alkyl carbamates (subject to hydrolysis) is 1. The van der Waals surface area contributed by atoms with Gasteiger partial charge in [-0.2, -0.15) is 0 Å². The molecule has 4 rings (SSSR count). The number of benzene rings is 1. The summed E-state index contributed by atoms with van der Waals surface area (Å²) in [5.74, 6) is -0.432. The average molecular weight is 472 g/mol. The van der Waals surface area contributed by atoms with Gasteiger partial charge in [0.05, 0.1) is 23.7 Å². The van der Waals surface area contributed by atoms with Crippen LogP contribution in [0.2, 0.25) is 0 Å².